The number of nitrogens with zero attached hydrogens (tertiary/aromatic N) is 3. The molecule has 4 nitrogen and oxygen atoms in total. The van der Waals surface area contributed by atoms with Gasteiger partial charge in [0.15, 0.2) is 0 Å². The van der Waals surface area contributed by atoms with E-state index < -0.39 is 0 Å². The predicted octanol–water partition coefficient (Wildman–Crippen LogP) is 0.866. The van der Waals surface area contributed by atoms with E-state index in [9.17, 15) is 0 Å². The monoisotopic (exact) mass is 192 g/mol. The lowest BCUT2D eigenvalue weighted by Gasteiger charge is -2.15. The average Bonchev–Trinajstić information content (AvgIpc) is 2.18. The second-order valence-corrected chi connectivity index (χ2v) is 3.15. The van der Waals surface area contributed by atoms with Crippen LogP contribution < -0.4 is 10.6 Å². The summed E-state index contributed by atoms with van der Waals surface area (Å²) < 4.78 is 0. The topological polar surface area (TPSA) is 55.0 Å². The van der Waals surface area contributed by atoms with Crippen LogP contribution in [0.2, 0.25) is 0 Å². The van der Waals surface area contributed by atoms with Gasteiger partial charge < -0.3 is 10.6 Å². The molecule has 76 valence electrons. The Bertz CT molecular complexity index is 322. The van der Waals surface area contributed by atoms with E-state index in [1.807, 2.05) is 24.9 Å². The summed E-state index contributed by atoms with van der Waals surface area (Å²) >= 11 is 0. The van der Waals surface area contributed by atoms with Gasteiger partial charge in [-0.25, -0.2) is 9.97 Å². The molecule has 2 N–H and O–H groups in total. The van der Waals surface area contributed by atoms with E-state index in [0.29, 0.717) is 12.5 Å². The molecule has 14 heavy (non-hydrogen) atoms. The molecule has 0 unspecified atom stereocenters. The third-order valence-electron chi connectivity index (χ3n) is 2.03. The molecule has 0 saturated heterocycles. The Morgan fingerprint density at radius 2 is 2.36 bits per heavy atom. The standard InChI is InChI=1S/C10H16N4/c1-4-5-14(3)10-12-7-9(6-11)8(2)13-10/h4,7H,1,5-6,11H2,2-3H3. The van der Waals surface area contributed by atoms with Gasteiger partial charge in [-0.1, -0.05) is 6.08 Å². The second kappa shape index (κ2) is 4.72. The van der Waals surface area contributed by atoms with Crippen LogP contribution in [0.4, 0.5) is 5.95 Å². The molecular weight excluding hydrogens is 176 g/mol. The zero-order chi connectivity index (χ0) is 10.6. The fourth-order valence-electron chi connectivity index (χ4n) is 1.14. The Labute approximate surface area is 84.5 Å². The summed E-state index contributed by atoms with van der Waals surface area (Å²) in [6.45, 7) is 6.83. The summed E-state index contributed by atoms with van der Waals surface area (Å²) in [6, 6.07) is 0. The highest BCUT2D eigenvalue weighted by atomic mass is 15.2. The van der Waals surface area contributed by atoms with Crippen molar-refractivity contribution in [3.05, 3.63) is 30.1 Å². The molecule has 0 aliphatic carbocycles. The van der Waals surface area contributed by atoms with Gasteiger partial charge in [-0.15, -0.1) is 6.58 Å². The number of rotatable bonds is 4. The first-order valence-corrected chi connectivity index (χ1v) is 4.53. The van der Waals surface area contributed by atoms with Gasteiger partial charge in [0, 0.05) is 37.6 Å². The fourth-order valence-corrected chi connectivity index (χ4v) is 1.14. The number of hydrogen-bond donors (Lipinski definition) is 1. The van der Waals surface area contributed by atoms with Gasteiger partial charge in [-0.05, 0) is 6.92 Å². The molecule has 0 aliphatic heterocycles. The molecule has 0 atom stereocenters. The highest BCUT2D eigenvalue weighted by Gasteiger charge is 2.04. The van der Waals surface area contributed by atoms with Gasteiger partial charge >= 0.3 is 0 Å². The van der Waals surface area contributed by atoms with E-state index in [0.717, 1.165) is 17.8 Å². The van der Waals surface area contributed by atoms with Crippen molar-refractivity contribution in [2.24, 2.45) is 5.73 Å². The minimum Gasteiger partial charge on any atom is -0.340 e. The lowest BCUT2D eigenvalue weighted by Crippen LogP contribution is -2.20. The smallest absolute Gasteiger partial charge is 0.225 e. The largest absolute Gasteiger partial charge is 0.340 e. The first-order valence-electron chi connectivity index (χ1n) is 4.53. The van der Waals surface area contributed by atoms with Gasteiger partial charge in [0.05, 0.1) is 0 Å². The normalized spacial score (nSPS) is 9.93. The highest BCUT2D eigenvalue weighted by molar-refractivity contribution is 5.32. The number of anilines is 1. The van der Waals surface area contributed by atoms with E-state index in [1.165, 1.54) is 0 Å². The molecule has 1 heterocycles. The molecule has 1 aromatic heterocycles. The average molecular weight is 192 g/mol. The highest BCUT2D eigenvalue weighted by Crippen LogP contribution is 2.08. The molecule has 0 bridgehead atoms. The maximum atomic E-state index is 5.53. The van der Waals surface area contributed by atoms with E-state index >= 15 is 0 Å². The summed E-state index contributed by atoms with van der Waals surface area (Å²) in [5.41, 5.74) is 7.45. The second-order valence-electron chi connectivity index (χ2n) is 3.15. The lowest BCUT2D eigenvalue weighted by molar-refractivity contribution is 0.898. The Hall–Kier alpha value is -1.42. The Kier molecular flexibility index (Phi) is 3.59. The van der Waals surface area contributed by atoms with E-state index in [2.05, 4.69) is 16.5 Å². The van der Waals surface area contributed by atoms with Crippen molar-refractivity contribution >= 4 is 5.95 Å². The third-order valence-corrected chi connectivity index (χ3v) is 2.03. The van der Waals surface area contributed by atoms with E-state index in [-0.39, 0.29) is 0 Å². The van der Waals surface area contributed by atoms with Crippen molar-refractivity contribution in [3.63, 3.8) is 0 Å². The van der Waals surface area contributed by atoms with Crippen molar-refractivity contribution < 1.29 is 0 Å². The number of hydrogen-bond acceptors (Lipinski definition) is 4. The van der Waals surface area contributed by atoms with Crippen LogP contribution in [0, 0.1) is 6.92 Å². The number of aryl methyl sites for hydroxylation is 1. The molecule has 0 aliphatic rings. The lowest BCUT2D eigenvalue weighted by atomic mass is 10.2. The Morgan fingerprint density at radius 3 is 2.86 bits per heavy atom. The summed E-state index contributed by atoms with van der Waals surface area (Å²) in [6.07, 6.45) is 3.59. The van der Waals surface area contributed by atoms with Crippen molar-refractivity contribution in [2.45, 2.75) is 13.5 Å². The van der Waals surface area contributed by atoms with Crippen LogP contribution in [0.1, 0.15) is 11.3 Å². The molecule has 0 spiro atoms. The van der Waals surface area contributed by atoms with Crippen LogP contribution >= 0.6 is 0 Å². The van der Waals surface area contributed by atoms with Crippen molar-refractivity contribution in [1.82, 2.24) is 9.97 Å². The zero-order valence-corrected chi connectivity index (χ0v) is 8.70. The number of nitrogens with two attached hydrogens (primary N) is 1. The zero-order valence-electron chi connectivity index (χ0n) is 8.70. The molecule has 4 heteroatoms. The first-order chi connectivity index (χ1) is 6.69. The van der Waals surface area contributed by atoms with E-state index in [4.69, 9.17) is 5.73 Å². The SMILES string of the molecule is C=CCN(C)c1ncc(CN)c(C)n1. The van der Waals surface area contributed by atoms with Crippen LogP contribution in [-0.2, 0) is 6.54 Å². The number of likely N-dealkylation sites (N-methyl/N-ethyl adjacent to an activating group) is 1. The van der Waals surface area contributed by atoms with Crippen LogP contribution in [0.3, 0.4) is 0 Å². The molecule has 1 aromatic rings. The van der Waals surface area contributed by atoms with Gasteiger partial charge in [0.1, 0.15) is 0 Å². The van der Waals surface area contributed by atoms with Gasteiger partial charge in [-0.3, -0.25) is 0 Å². The molecule has 0 fully saturated rings. The van der Waals surface area contributed by atoms with Crippen LogP contribution in [0.15, 0.2) is 18.9 Å². The summed E-state index contributed by atoms with van der Waals surface area (Å²) in [7, 11) is 1.93. The molecule has 0 amide bonds. The van der Waals surface area contributed by atoms with Crippen molar-refractivity contribution in [2.75, 3.05) is 18.5 Å². The predicted molar refractivity (Wildman–Crippen MR) is 58.1 cm³/mol. The first kappa shape index (κ1) is 10.7. The summed E-state index contributed by atoms with van der Waals surface area (Å²) in [5, 5.41) is 0. The molecular formula is C10H16N4. The molecule has 0 radical (unpaired) electrons. The van der Waals surface area contributed by atoms with Gasteiger partial charge in [0.2, 0.25) is 5.95 Å². The number of aromatic nitrogens is 2. The molecule has 0 aromatic carbocycles. The Morgan fingerprint density at radius 1 is 1.64 bits per heavy atom. The van der Waals surface area contributed by atoms with Crippen LogP contribution in [0.25, 0.3) is 0 Å². The molecule has 1 rings (SSSR count). The summed E-state index contributed by atoms with van der Waals surface area (Å²) in [5.74, 6) is 0.708. The Balaban J connectivity index is 2.90. The van der Waals surface area contributed by atoms with E-state index in [1.54, 1.807) is 6.20 Å². The van der Waals surface area contributed by atoms with Crippen molar-refractivity contribution in [3.8, 4) is 0 Å². The molecule has 0 saturated carbocycles. The van der Waals surface area contributed by atoms with Gasteiger partial charge in [-0.2, -0.15) is 0 Å². The maximum Gasteiger partial charge on any atom is 0.225 e. The quantitative estimate of drug-likeness (QED) is 0.719. The van der Waals surface area contributed by atoms with Gasteiger partial charge in [0.25, 0.3) is 0 Å². The third kappa shape index (κ3) is 2.29. The minimum absolute atomic E-state index is 0.483. The van der Waals surface area contributed by atoms with Crippen molar-refractivity contribution in [1.29, 1.82) is 0 Å². The minimum atomic E-state index is 0.483. The fraction of sp³-hybridized carbons (Fsp3) is 0.400. The van der Waals surface area contributed by atoms with Crippen LogP contribution in [0.5, 0.6) is 0 Å². The summed E-state index contributed by atoms with van der Waals surface area (Å²) in [4.78, 5) is 10.5. The maximum absolute atomic E-state index is 5.53. The van der Waals surface area contributed by atoms with Crippen LogP contribution in [-0.4, -0.2) is 23.6 Å².